The lowest BCUT2D eigenvalue weighted by Gasteiger charge is -2.34. The zero-order valence-corrected chi connectivity index (χ0v) is 8.61. The van der Waals surface area contributed by atoms with E-state index in [1.807, 2.05) is 0 Å². The Kier molecular flexibility index (Phi) is 3.03. The van der Waals surface area contributed by atoms with E-state index in [1.165, 1.54) is 12.8 Å². The second-order valence-electron chi connectivity index (χ2n) is 4.24. The van der Waals surface area contributed by atoms with Crippen molar-refractivity contribution in [2.45, 2.75) is 25.3 Å². The van der Waals surface area contributed by atoms with Gasteiger partial charge < -0.3 is 10.6 Å². The Morgan fingerprint density at radius 3 is 2.71 bits per heavy atom. The van der Waals surface area contributed by atoms with Gasteiger partial charge in [-0.25, -0.2) is 0 Å². The number of nitrogens with zero attached hydrogens (tertiary/aromatic N) is 2. The zero-order chi connectivity index (χ0) is 9.97. The molecule has 0 unspecified atom stereocenters. The summed E-state index contributed by atoms with van der Waals surface area (Å²) < 4.78 is 0. The molecule has 1 saturated carbocycles. The fraction of sp³-hybridized carbons (Fsp3) is 0.900. The Balaban J connectivity index is 1.77. The van der Waals surface area contributed by atoms with E-state index in [2.05, 4.69) is 9.80 Å². The van der Waals surface area contributed by atoms with E-state index < -0.39 is 0 Å². The number of carbonyl (C=O) groups is 1. The fourth-order valence-electron chi connectivity index (χ4n) is 2.01. The van der Waals surface area contributed by atoms with Gasteiger partial charge in [0.1, 0.15) is 0 Å². The minimum atomic E-state index is 0.316. The summed E-state index contributed by atoms with van der Waals surface area (Å²) in [5.74, 6) is 0.316. The van der Waals surface area contributed by atoms with Crippen molar-refractivity contribution in [3.63, 3.8) is 0 Å². The van der Waals surface area contributed by atoms with Crippen LogP contribution in [0.1, 0.15) is 19.3 Å². The molecule has 1 aliphatic heterocycles. The van der Waals surface area contributed by atoms with Gasteiger partial charge >= 0.3 is 0 Å². The van der Waals surface area contributed by atoms with E-state index in [0.717, 1.165) is 32.6 Å². The molecule has 0 aromatic rings. The predicted molar refractivity (Wildman–Crippen MR) is 54.8 cm³/mol. The van der Waals surface area contributed by atoms with Crippen molar-refractivity contribution in [1.82, 2.24) is 9.80 Å². The number of rotatable bonds is 4. The molecular formula is C10H19N3O. The zero-order valence-electron chi connectivity index (χ0n) is 8.61. The Bertz CT molecular complexity index is 215. The number of hydrogen-bond acceptors (Lipinski definition) is 3. The van der Waals surface area contributed by atoms with Crippen molar-refractivity contribution in [2.24, 2.45) is 5.73 Å². The van der Waals surface area contributed by atoms with Crippen molar-refractivity contribution in [3.05, 3.63) is 0 Å². The standard InChI is InChI=1S/C10H19N3O/c11-4-1-5-12-6-7-13(9-2-3-9)10(14)8-12/h9H,1-8,11H2. The Labute approximate surface area is 85.0 Å². The molecule has 4 heteroatoms. The van der Waals surface area contributed by atoms with Gasteiger partial charge in [-0.1, -0.05) is 0 Å². The van der Waals surface area contributed by atoms with Gasteiger partial charge in [0.25, 0.3) is 0 Å². The van der Waals surface area contributed by atoms with E-state index in [-0.39, 0.29) is 0 Å². The van der Waals surface area contributed by atoms with E-state index in [1.54, 1.807) is 0 Å². The first-order valence-electron chi connectivity index (χ1n) is 5.53. The minimum Gasteiger partial charge on any atom is -0.337 e. The lowest BCUT2D eigenvalue weighted by Crippen LogP contribution is -2.51. The first-order valence-corrected chi connectivity index (χ1v) is 5.53. The first kappa shape index (κ1) is 9.93. The Hall–Kier alpha value is -0.610. The molecule has 14 heavy (non-hydrogen) atoms. The third kappa shape index (κ3) is 2.25. The van der Waals surface area contributed by atoms with E-state index in [0.29, 0.717) is 18.5 Å². The average Bonchev–Trinajstić information content (AvgIpc) is 2.98. The molecule has 2 rings (SSSR count). The van der Waals surface area contributed by atoms with Crippen LogP contribution in [0, 0.1) is 0 Å². The smallest absolute Gasteiger partial charge is 0.237 e. The van der Waals surface area contributed by atoms with Gasteiger partial charge in [-0.3, -0.25) is 9.69 Å². The molecule has 0 bridgehead atoms. The average molecular weight is 197 g/mol. The molecule has 80 valence electrons. The van der Waals surface area contributed by atoms with Crippen molar-refractivity contribution >= 4 is 5.91 Å². The highest BCUT2D eigenvalue weighted by Crippen LogP contribution is 2.27. The minimum absolute atomic E-state index is 0.316. The third-order valence-corrected chi connectivity index (χ3v) is 3.00. The van der Waals surface area contributed by atoms with Crippen LogP contribution in [0.2, 0.25) is 0 Å². The summed E-state index contributed by atoms with van der Waals surface area (Å²) in [5, 5.41) is 0. The summed E-state index contributed by atoms with van der Waals surface area (Å²) in [6.07, 6.45) is 3.43. The van der Waals surface area contributed by atoms with Crippen molar-refractivity contribution in [3.8, 4) is 0 Å². The number of amides is 1. The second-order valence-corrected chi connectivity index (χ2v) is 4.24. The van der Waals surface area contributed by atoms with Gasteiger partial charge in [0.05, 0.1) is 6.54 Å². The van der Waals surface area contributed by atoms with Crippen LogP contribution in [0.15, 0.2) is 0 Å². The molecule has 1 aliphatic carbocycles. The van der Waals surface area contributed by atoms with Gasteiger partial charge in [-0.05, 0) is 32.4 Å². The van der Waals surface area contributed by atoms with Gasteiger partial charge in [-0.15, -0.1) is 0 Å². The molecule has 1 amide bonds. The summed E-state index contributed by atoms with van der Waals surface area (Å²) in [6.45, 7) is 4.25. The first-order chi connectivity index (χ1) is 6.81. The highest BCUT2D eigenvalue weighted by molar-refractivity contribution is 5.79. The number of piperazine rings is 1. The maximum absolute atomic E-state index is 11.7. The lowest BCUT2D eigenvalue weighted by atomic mass is 10.2. The largest absolute Gasteiger partial charge is 0.337 e. The molecule has 0 radical (unpaired) electrons. The van der Waals surface area contributed by atoms with Crippen LogP contribution in [-0.2, 0) is 4.79 Å². The van der Waals surface area contributed by atoms with Crippen LogP contribution >= 0.6 is 0 Å². The van der Waals surface area contributed by atoms with Crippen LogP contribution in [0.25, 0.3) is 0 Å². The van der Waals surface area contributed by atoms with Gasteiger partial charge in [0, 0.05) is 19.1 Å². The normalized spacial score (nSPS) is 24.4. The summed E-state index contributed by atoms with van der Waals surface area (Å²) in [7, 11) is 0. The highest BCUT2D eigenvalue weighted by Gasteiger charge is 2.35. The fourth-order valence-corrected chi connectivity index (χ4v) is 2.01. The Morgan fingerprint density at radius 2 is 2.14 bits per heavy atom. The molecule has 2 aliphatic rings. The SMILES string of the molecule is NCCCN1CCN(C2CC2)C(=O)C1. The lowest BCUT2D eigenvalue weighted by molar-refractivity contribution is -0.136. The van der Waals surface area contributed by atoms with E-state index >= 15 is 0 Å². The molecule has 0 spiro atoms. The van der Waals surface area contributed by atoms with Gasteiger partial charge in [0.2, 0.25) is 5.91 Å². The summed E-state index contributed by atoms with van der Waals surface area (Å²) >= 11 is 0. The van der Waals surface area contributed by atoms with Crippen LogP contribution < -0.4 is 5.73 Å². The molecule has 4 nitrogen and oxygen atoms in total. The summed E-state index contributed by atoms with van der Waals surface area (Å²) in [6, 6.07) is 0.583. The van der Waals surface area contributed by atoms with Gasteiger partial charge in [0.15, 0.2) is 0 Å². The summed E-state index contributed by atoms with van der Waals surface area (Å²) in [4.78, 5) is 16.0. The number of carbonyl (C=O) groups excluding carboxylic acids is 1. The Morgan fingerprint density at radius 1 is 1.36 bits per heavy atom. The van der Waals surface area contributed by atoms with Crippen LogP contribution in [-0.4, -0.2) is 54.5 Å². The van der Waals surface area contributed by atoms with Crippen molar-refractivity contribution < 1.29 is 4.79 Å². The van der Waals surface area contributed by atoms with Crippen molar-refractivity contribution in [1.29, 1.82) is 0 Å². The van der Waals surface area contributed by atoms with Crippen LogP contribution in [0.4, 0.5) is 0 Å². The topological polar surface area (TPSA) is 49.6 Å². The maximum atomic E-state index is 11.7. The molecule has 2 N–H and O–H groups in total. The molecule has 0 aromatic carbocycles. The highest BCUT2D eigenvalue weighted by atomic mass is 16.2. The second kappa shape index (κ2) is 4.28. The van der Waals surface area contributed by atoms with E-state index in [9.17, 15) is 4.79 Å². The molecule has 0 atom stereocenters. The van der Waals surface area contributed by atoms with Crippen LogP contribution in [0.3, 0.4) is 0 Å². The molecular weight excluding hydrogens is 178 g/mol. The quantitative estimate of drug-likeness (QED) is 0.669. The van der Waals surface area contributed by atoms with Gasteiger partial charge in [-0.2, -0.15) is 0 Å². The predicted octanol–water partition coefficient (Wildman–Crippen LogP) is -0.358. The monoisotopic (exact) mass is 197 g/mol. The maximum Gasteiger partial charge on any atom is 0.237 e. The van der Waals surface area contributed by atoms with E-state index in [4.69, 9.17) is 5.73 Å². The number of nitrogens with two attached hydrogens (primary N) is 1. The number of hydrogen-bond donors (Lipinski definition) is 1. The van der Waals surface area contributed by atoms with Crippen LogP contribution in [0.5, 0.6) is 0 Å². The molecule has 1 heterocycles. The molecule has 0 aromatic heterocycles. The molecule has 2 fully saturated rings. The third-order valence-electron chi connectivity index (χ3n) is 3.00. The summed E-state index contributed by atoms with van der Waals surface area (Å²) in [5.41, 5.74) is 5.44. The molecule has 1 saturated heterocycles. The van der Waals surface area contributed by atoms with Crippen molar-refractivity contribution in [2.75, 3.05) is 32.7 Å².